The first-order valence-electron chi connectivity index (χ1n) is 5.88. The van der Waals surface area contributed by atoms with Crippen LogP contribution in [0, 0.1) is 11.6 Å². The van der Waals surface area contributed by atoms with Gasteiger partial charge in [-0.1, -0.05) is 11.6 Å². The average Bonchev–Trinajstić information content (AvgIpc) is 2.73. The summed E-state index contributed by atoms with van der Waals surface area (Å²) < 4.78 is 28.1. The molecule has 0 fully saturated rings. The van der Waals surface area contributed by atoms with E-state index in [2.05, 4.69) is 0 Å². The standard InChI is InChI=1S/C13H6ClF2N3O3/c14-9-5(15)1-2-6(16)10(9)19-7(20)3-4-8(11(19)17)13(22)18-12(4)21/h1-3H,17H2,(H,18,21,22). The van der Waals surface area contributed by atoms with Gasteiger partial charge in [0, 0.05) is 6.07 Å². The summed E-state index contributed by atoms with van der Waals surface area (Å²) >= 11 is 5.70. The van der Waals surface area contributed by atoms with E-state index in [1.165, 1.54) is 0 Å². The maximum Gasteiger partial charge on any atom is 0.262 e. The monoisotopic (exact) mass is 325 g/mol. The quantitative estimate of drug-likeness (QED) is 0.609. The van der Waals surface area contributed by atoms with Gasteiger partial charge in [-0.2, -0.15) is 0 Å². The fourth-order valence-corrected chi connectivity index (χ4v) is 2.47. The number of aromatic nitrogens is 1. The fourth-order valence-electron chi connectivity index (χ4n) is 2.23. The molecule has 0 unspecified atom stereocenters. The molecule has 0 radical (unpaired) electrons. The lowest BCUT2D eigenvalue weighted by Crippen LogP contribution is -2.25. The Labute approximate surface area is 126 Å². The highest BCUT2D eigenvalue weighted by atomic mass is 35.5. The van der Waals surface area contributed by atoms with Gasteiger partial charge in [-0.15, -0.1) is 0 Å². The van der Waals surface area contributed by atoms with Gasteiger partial charge in [0.05, 0.1) is 11.1 Å². The summed E-state index contributed by atoms with van der Waals surface area (Å²) in [7, 11) is 0. The number of anilines is 1. The molecule has 9 heteroatoms. The first-order valence-corrected chi connectivity index (χ1v) is 6.25. The molecule has 3 N–H and O–H groups in total. The van der Waals surface area contributed by atoms with Crippen molar-refractivity contribution < 1.29 is 18.4 Å². The molecule has 1 aromatic carbocycles. The molecule has 3 rings (SSSR count). The third-order valence-corrected chi connectivity index (χ3v) is 3.56. The Morgan fingerprint density at radius 1 is 1.09 bits per heavy atom. The fraction of sp³-hybridized carbons (Fsp3) is 0. The SMILES string of the molecule is Nc1c2c(cc(=O)n1-c1c(F)ccc(F)c1Cl)C(=O)NC2=O. The number of halogens is 3. The molecule has 22 heavy (non-hydrogen) atoms. The van der Waals surface area contributed by atoms with Crippen molar-refractivity contribution in [3.8, 4) is 5.69 Å². The number of hydrogen-bond donors (Lipinski definition) is 2. The van der Waals surface area contributed by atoms with E-state index in [0.717, 1.165) is 18.2 Å². The minimum absolute atomic E-state index is 0.225. The van der Waals surface area contributed by atoms with Crippen LogP contribution in [-0.4, -0.2) is 16.4 Å². The van der Waals surface area contributed by atoms with Gasteiger partial charge in [0.2, 0.25) is 0 Å². The molecule has 0 bridgehead atoms. The first-order chi connectivity index (χ1) is 10.3. The highest BCUT2D eigenvalue weighted by molar-refractivity contribution is 6.32. The van der Waals surface area contributed by atoms with Crippen molar-refractivity contribution in [1.82, 2.24) is 9.88 Å². The number of fused-ring (bicyclic) bond motifs is 1. The molecule has 0 saturated heterocycles. The largest absolute Gasteiger partial charge is 0.384 e. The molecule has 2 aromatic rings. The Hall–Kier alpha value is -2.74. The average molecular weight is 326 g/mol. The number of amides is 2. The molecular weight excluding hydrogens is 320 g/mol. The molecule has 1 aliphatic rings. The Bertz CT molecular complexity index is 924. The van der Waals surface area contributed by atoms with E-state index in [1.54, 1.807) is 0 Å². The van der Waals surface area contributed by atoms with Crippen LogP contribution in [0.4, 0.5) is 14.6 Å². The number of imide groups is 1. The molecule has 0 spiro atoms. The van der Waals surface area contributed by atoms with Crippen LogP contribution in [-0.2, 0) is 0 Å². The third-order valence-electron chi connectivity index (χ3n) is 3.20. The Morgan fingerprint density at radius 2 is 1.73 bits per heavy atom. The Balaban J connectivity index is 2.43. The van der Waals surface area contributed by atoms with Crippen molar-refractivity contribution >= 4 is 29.2 Å². The van der Waals surface area contributed by atoms with Gasteiger partial charge in [0.15, 0.2) is 0 Å². The summed E-state index contributed by atoms with van der Waals surface area (Å²) in [6.07, 6.45) is 0. The minimum atomic E-state index is -1.01. The summed E-state index contributed by atoms with van der Waals surface area (Å²) in [5.41, 5.74) is 3.65. The molecular formula is C13H6ClF2N3O3. The predicted octanol–water partition coefficient (Wildman–Crippen LogP) is 1.23. The van der Waals surface area contributed by atoms with E-state index in [9.17, 15) is 23.2 Å². The zero-order chi connectivity index (χ0) is 16.2. The van der Waals surface area contributed by atoms with Crippen molar-refractivity contribution in [2.24, 2.45) is 0 Å². The second-order valence-corrected chi connectivity index (χ2v) is 4.84. The lowest BCUT2D eigenvalue weighted by Gasteiger charge is -2.14. The van der Waals surface area contributed by atoms with Crippen LogP contribution < -0.4 is 16.6 Å². The second kappa shape index (κ2) is 4.63. The van der Waals surface area contributed by atoms with Gasteiger partial charge in [-0.25, -0.2) is 8.78 Å². The number of benzene rings is 1. The van der Waals surface area contributed by atoms with Crippen molar-refractivity contribution in [3.63, 3.8) is 0 Å². The summed E-state index contributed by atoms with van der Waals surface area (Å²) in [5, 5.41) is 1.29. The summed E-state index contributed by atoms with van der Waals surface area (Å²) in [6, 6.07) is 2.36. The number of rotatable bonds is 1. The van der Waals surface area contributed by atoms with Gasteiger partial charge >= 0.3 is 0 Å². The van der Waals surface area contributed by atoms with E-state index in [0.29, 0.717) is 4.57 Å². The zero-order valence-electron chi connectivity index (χ0n) is 10.6. The molecule has 112 valence electrons. The van der Waals surface area contributed by atoms with Crippen molar-refractivity contribution in [3.05, 3.63) is 56.3 Å². The number of nitrogens with one attached hydrogen (secondary N) is 1. The zero-order valence-corrected chi connectivity index (χ0v) is 11.4. The molecule has 0 atom stereocenters. The van der Waals surface area contributed by atoms with E-state index < -0.39 is 45.5 Å². The molecule has 2 heterocycles. The van der Waals surface area contributed by atoms with Gasteiger partial charge in [0.1, 0.15) is 28.2 Å². The van der Waals surface area contributed by atoms with E-state index in [-0.39, 0.29) is 11.1 Å². The van der Waals surface area contributed by atoms with Gasteiger partial charge in [0.25, 0.3) is 17.4 Å². The van der Waals surface area contributed by atoms with Crippen LogP contribution in [0.1, 0.15) is 20.7 Å². The summed E-state index contributed by atoms with van der Waals surface area (Å²) in [4.78, 5) is 35.3. The van der Waals surface area contributed by atoms with Crippen molar-refractivity contribution in [1.29, 1.82) is 0 Å². The number of carbonyl (C=O) groups excluding carboxylic acids is 2. The predicted molar refractivity (Wildman–Crippen MR) is 73.2 cm³/mol. The van der Waals surface area contributed by atoms with Crippen molar-refractivity contribution in [2.75, 3.05) is 5.73 Å². The number of pyridine rings is 1. The van der Waals surface area contributed by atoms with Crippen LogP contribution in [0.25, 0.3) is 5.69 Å². The van der Waals surface area contributed by atoms with Crippen LogP contribution in [0.5, 0.6) is 0 Å². The highest BCUT2D eigenvalue weighted by Crippen LogP contribution is 2.30. The number of carbonyl (C=O) groups is 2. The maximum absolute atomic E-state index is 14.0. The lowest BCUT2D eigenvalue weighted by molar-refractivity contribution is 0.0880. The Kier molecular flexibility index (Phi) is 2.99. The molecule has 0 aliphatic carbocycles. The van der Waals surface area contributed by atoms with E-state index in [4.69, 9.17) is 17.3 Å². The molecule has 1 aromatic heterocycles. The minimum Gasteiger partial charge on any atom is -0.384 e. The lowest BCUT2D eigenvalue weighted by atomic mass is 10.1. The first kappa shape index (κ1) is 14.2. The van der Waals surface area contributed by atoms with Gasteiger partial charge < -0.3 is 5.73 Å². The smallest absolute Gasteiger partial charge is 0.262 e. The van der Waals surface area contributed by atoms with E-state index in [1.807, 2.05) is 5.32 Å². The number of nitrogens with two attached hydrogens (primary N) is 1. The van der Waals surface area contributed by atoms with Crippen LogP contribution in [0.15, 0.2) is 23.0 Å². The third kappa shape index (κ3) is 1.81. The second-order valence-electron chi connectivity index (χ2n) is 4.47. The summed E-state index contributed by atoms with van der Waals surface area (Å²) in [5.74, 6) is -4.10. The summed E-state index contributed by atoms with van der Waals surface area (Å²) in [6.45, 7) is 0. The topological polar surface area (TPSA) is 94.2 Å². The molecule has 0 saturated carbocycles. The number of nitrogens with zero attached hydrogens (tertiary/aromatic N) is 1. The van der Waals surface area contributed by atoms with Crippen LogP contribution in [0.2, 0.25) is 5.02 Å². The van der Waals surface area contributed by atoms with Crippen LogP contribution in [0.3, 0.4) is 0 Å². The van der Waals surface area contributed by atoms with E-state index >= 15 is 0 Å². The number of hydrogen-bond acceptors (Lipinski definition) is 4. The van der Waals surface area contributed by atoms with Crippen molar-refractivity contribution in [2.45, 2.75) is 0 Å². The molecule has 1 aliphatic heterocycles. The Morgan fingerprint density at radius 3 is 2.41 bits per heavy atom. The molecule has 2 amide bonds. The van der Waals surface area contributed by atoms with Crippen LogP contribution >= 0.6 is 11.6 Å². The van der Waals surface area contributed by atoms with Gasteiger partial charge in [-0.05, 0) is 12.1 Å². The number of nitrogen functional groups attached to an aromatic ring is 1. The highest BCUT2D eigenvalue weighted by Gasteiger charge is 2.32. The maximum atomic E-state index is 14.0. The van der Waals surface area contributed by atoms with Gasteiger partial charge in [-0.3, -0.25) is 24.3 Å². The normalized spacial score (nSPS) is 13.2. The molecule has 6 nitrogen and oxygen atoms in total.